The fourth-order valence-corrected chi connectivity index (χ4v) is 6.03. The second-order valence-electron chi connectivity index (χ2n) is 9.03. The number of aliphatic imine (C=N–C) groups is 1. The van der Waals surface area contributed by atoms with Crippen LogP contribution >= 0.6 is 11.3 Å². The van der Waals surface area contributed by atoms with E-state index in [-0.39, 0.29) is 5.16 Å². The van der Waals surface area contributed by atoms with Crippen molar-refractivity contribution in [3.05, 3.63) is 69.7 Å². The monoisotopic (exact) mass is 536 g/mol. The SMILES string of the molecule is Cc1sc2c(c1C)C(c1ccc(-c3ccnc(S(C)(=O)=O)n3)cc1)=NC([C@H](C)C(=O)O)c1nnc(C)n1-2. The van der Waals surface area contributed by atoms with E-state index >= 15 is 0 Å². The number of fused-ring (bicyclic) bond motifs is 3. The number of rotatable bonds is 5. The highest BCUT2D eigenvalue weighted by Crippen LogP contribution is 2.40. The number of aliphatic carboxylic acids is 1. The number of aryl methyl sites for hydroxylation is 2. The third-order valence-corrected chi connectivity index (χ3v) is 8.52. The Morgan fingerprint density at radius 2 is 1.76 bits per heavy atom. The second kappa shape index (κ2) is 8.96. The number of nitrogens with zero attached hydrogens (tertiary/aromatic N) is 6. The minimum Gasteiger partial charge on any atom is -0.481 e. The average Bonchev–Trinajstić information content (AvgIpc) is 3.33. The van der Waals surface area contributed by atoms with Crippen molar-refractivity contribution in [2.75, 3.05) is 6.26 Å². The molecule has 0 saturated heterocycles. The molecule has 1 aromatic carbocycles. The van der Waals surface area contributed by atoms with E-state index < -0.39 is 27.8 Å². The van der Waals surface area contributed by atoms with Gasteiger partial charge in [0.05, 0.1) is 17.3 Å². The average molecular weight is 537 g/mol. The van der Waals surface area contributed by atoms with E-state index in [1.165, 1.54) is 6.20 Å². The molecule has 4 aromatic rings. The number of carboxylic acid groups (broad SMARTS) is 1. The van der Waals surface area contributed by atoms with Gasteiger partial charge in [0.1, 0.15) is 16.9 Å². The molecule has 0 aliphatic carbocycles. The zero-order valence-corrected chi connectivity index (χ0v) is 22.4. The molecular formula is C25H24N6O4S2. The van der Waals surface area contributed by atoms with Crippen LogP contribution in [0, 0.1) is 26.7 Å². The first-order valence-electron chi connectivity index (χ1n) is 11.4. The van der Waals surface area contributed by atoms with Gasteiger partial charge in [-0.1, -0.05) is 24.3 Å². The van der Waals surface area contributed by atoms with Crippen molar-refractivity contribution in [3.8, 4) is 16.3 Å². The second-order valence-corrected chi connectivity index (χ2v) is 12.1. The molecule has 0 saturated carbocycles. The normalized spacial score (nSPS) is 15.9. The summed E-state index contributed by atoms with van der Waals surface area (Å²) in [6.07, 6.45) is 2.49. The molecule has 0 amide bonds. The van der Waals surface area contributed by atoms with Gasteiger partial charge in [-0.2, -0.15) is 0 Å². The topological polar surface area (TPSA) is 140 Å². The summed E-state index contributed by atoms with van der Waals surface area (Å²) in [4.78, 5) is 26.2. The minimum atomic E-state index is -3.55. The Bertz CT molecular complexity index is 1690. The summed E-state index contributed by atoms with van der Waals surface area (Å²) in [6.45, 7) is 7.54. The molecule has 37 heavy (non-hydrogen) atoms. The maximum absolute atomic E-state index is 12.0. The Morgan fingerprint density at radius 1 is 1.08 bits per heavy atom. The highest BCUT2D eigenvalue weighted by molar-refractivity contribution is 7.90. The Labute approximate surface area is 217 Å². The third kappa shape index (κ3) is 4.25. The lowest BCUT2D eigenvalue weighted by Crippen LogP contribution is -2.21. The summed E-state index contributed by atoms with van der Waals surface area (Å²) in [5, 5.41) is 19.1. The number of sulfone groups is 1. The highest BCUT2D eigenvalue weighted by Gasteiger charge is 2.36. The summed E-state index contributed by atoms with van der Waals surface area (Å²) >= 11 is 1.60. The van der Waals surface area contributed by atoms with Crippen molar-refractivity contribution in [2.45, 2.75) is 38.9 Å². The summed E-state index contributed by atoms with van der Waals surface area (Å²) < 4.78 is 25.7. The highest BCUT2D eigenvalue weighted by atomic mass is 32.2. The number of carboxylic acids is 1. The molecule has 0 fully saturated rings. The lowest BCUT2D eigenvalue weighted by atomic mass is 9.97. The summed E-state index contributed by atoms with van der Waals surface area (Å²) in [5.74, 6) is -0.644. The van der Waals surface area contributed by atoms with E-state index in [1.54, 1.807) is 24.3 Å². The Morgan fingerprint density at radius 3 is 2.41 bits per heavy atom. The van der Waals surface area contributed by atoms with Gasteiger partial charge in [-0.15, -0.1) is 21.5 Å². The van der Waals surface area contributed by atoms with Gasteiger partial charge in [0.15, 0.2) is 5.82 Å². The number of hydrogen-bond acceptors (Lipinski definition) is 9. The van der Waals surface area contributed by atoms with Crippen LogP contribution in [0.5, 0.6) is 0 Å². The molecule has 0 bridgehead atoms. The molecule has 1 N–H and O–H groups in total. The van der Waals surface area contributed by atoms with Crippen LogP contribution in [0.2, 0.25) is 0 Å². The van der Waals surface area contributed by atoms with E-state index in [1.807, 2.05) is 49.6 Å². The lowest BCUT2D eigenvalue weighted by Gasteiger charge is -2.16. The van der Waals surface area contributed by atoms with Crippen LogP contribution in [-0.2, 0) is 14.6 Å². The van der Waals surface area contributed by atoms with E-state index in [9.17, 15) is 18.3 Å². The van der Waals surface area contributed by atoms with E-state index in [0.717, 1.165) is 32.8 Å². The molecule has 12 heteroatoms. The first-order chi connectivity index (χ1) is 17.5. The summed E-state index contributed by atoms with van der Waals surface area (Å²) in [7, 11) is -3.55. The van der Waals surface area contributed by atoms with Crippen LogP contribution < -0.4 is 0 Å². The number of thiophene rings is 1. The van der Waals surface area contributed by atoms with E-state index in [4.69, 9.17) is 4.99 Å². The molecule has 1 aliphatic heterocycles. The molecule has 1 aliphatic rings. The van der Waals surface area contributed by atoms with Crippen LogP contribution in [0.25, 0.3) is 16.3 Å². The van der Waals surface area contributed by atoms with Crippen molar-refractivity contribution < 1.29 is 18.3 Å². The van der Waals surface area contributed by atoms with Gasteiger partial charge in [-0.05, 0) is 39.3 Å². The van der Waals surface area contributed by atoms with Gasteiger partial charge >= 0.3 is 5.97 Å². The molecule has 190 valence electrons. The molecule has 0 spiro atoms. The van der Waals surface area contributed by atoms with Crippen LogP contribution in [0.3, 0.4) is 0 Å². The predicted molar refractivity (Wildman–Crippen MR) is 139 cm³/mol. The van der Waals surface area contributed by atoms with Gasteiger partial charge in [-0.3, -0.25) is 14.4 Å². The van der Waals surface area contributed by atoms with E-state index in [2.05, 4.69) is 20.2 Å². The fraction of sp³-hybridized carbons (Fsp3) is 0.280. The van der Waals surface area contributed by atoms with Crippen molar-refractivity contribution in [2.24, 2.45) is 10.9 Å². The predicted octanol–water partition coefficient (Wildman–Crippen LogP) is 3.73. The Kier molecular flexibility index (Phi) is 6.03. The zero-order chi connectivity index (χ0) is 26.6. The molecule has 4 heterocycles. The van der Waals surface area contributed by atoms with Crippen LogP contribution in [0.15, 0.2) is 46.7 Å². The van der Waals surface area contributed by atoms with Crippen LogP contribution in [-0.4, -0.2) is 56.2 Å². The van der Waals surface area contributed by atoms with Crippen molar-refractivity contribution in [1.82, 2.24) is 24.7 Å². The number of carbonyl (C=O) groups is 1. The summed E-state index contributed by atoms with van der Waals surface area (Å²) in [6, 6.07) is 8.35. The molecule has 10 nitrogen and oxygen atoms in total. The fourth-order valence-electron chi connectivity index (χ4n) is 4.30. The smallest absolute Gasteiger partial charge is 0.308 e. The summed E-state index contributed by atoms with van der Waals surface area (Å²) in [5.41, 5.74) is 4.63. The lowest BCUT2D eigenvalue weighted by molar-refractivity contribution is -0.141. The Balaban J connectivity index is 1.68. The standard InChI is InChI=1S/C25H24N6O4S2/c1-12-14(3)36-23-19(12)21(28-20(13(2)24(32)33)22-30-29-15(4)31(22)23)17-8-6-16(7-9-17)18-10-11-26-25(27-18)37(5,34)35/h6-11,13,20H,1-5H3,(H,32,33)/t13-,20?/m0/s1. The van der Waals surface area contributed by atoms with Gasteiger partial charge in [-0.25, -0.2) is 18.4 Å². The van der Waals surface area contributed by atoms with Crippen LogP contribution in [0.1, 0.15) is 46.2 Å². The maximum atomic E-state index is 12.0. The number of hydrogen-bond donors (Lipinski definition) is 1. The first-order valence-corrected chi connectivity index (χ1v) is 14.1. The third-order valence-electron chi connectivity index (χ3n) is 6.47. The molecule has 3 aromatic heterocycles. The Hall–Kier alpha value is -3.77. The van der Waals surface area contributed by atoms with Gasteiger partial charge < -0.3 is 5.11 Å². The maximum Gasteiger partial charge on any atom is 0.308 e. The zero-order valence-electron chi connectivity index (χ0n) is 20.8. The molecular weight excluding hydrogens is 512 g/mol. The number of benzene rings is 1. The molecule has 2 atom stereocenters. The number of aromatic nitrogens is 5. The van der Waals surface area contributed by atoms with E-state index in [0.29, 0.717) is 28.6 Å². The van der Waals surface area contributed by atoms with Crippen molar-refractivity contribution >= 4 is 32.9 Å². The van der Waals surface area contributed by atoms with Gasteiger partial charge in [0.25, 0.3) is 0 Å². The quantitative estimate of drug-likeness (QED) is 0.381. The molecule has 1 unspecified atom stereocenters. The van der Waals surface area contributed by atoms with Crippen molar-refractivity contribution in [1.29, 1.82) is 0 Å². The van der Waals surface area contributed by atoms with Crippen molar-refractivity contribution in [3.63, 3.8) is 0 Å². The largest absolute Gasteiger partial charge is 0.481 e. The van der Waals surface area contributed by atoms with Gasteiger partial charge in [0, 0.05) is 34.0 Å². The molecule has 0 radical (unpaired) electrons. The molecule has 5 rings (SSSR count). The first kappa shape index (κ1) is 24.9. The van der Waals surface area contributed by atoms with Crippen LogP contribution in [0.4, 0.5) is 0 Å². The van der Waals surface area contributed by atoms with Gasteiger partial charge in [0.2, 0.25) is 15.0 Å². The minimum absolute atomic E-state index is 0.236.